The number of aliphatic imine (C=N–C) groups is 1. The van der Waals surface area contributed by atoms with Crippen LogP contribution in [-0.4, -0.2) is 19.0 Å². The number of rotatable bonds is 3. The number of nitrogens with zero attached hydrogens (tertiary/aromatic N) is 1. The van der Waals surface area contributed by atoms with E-state index in [-0.39, 0.29) is 0 Å². The van der Waals surface area contributed by atoms with Crippen molar-refractivity contribution in [3.8, 4) is 0 Å². The van der Waals surface area contributed by atoms with Crippen molar-refractivity contribution >= 4 is 34.8 Å². The fourth-order valence-electron chi connectivity index (χ4n) is 1.18. The molecular weight excluding hydrogens is 245 g/mol. The molecule has 5 heteroatoms. The SMILES string of the molecule is CCN=C(NCC)Nc1ccc(Cl)c(Cl)c1. The standard InChI is InChI=1S/C11H15Cl2N3/c1-3-14-11(15-4-2)16-8-5-6-9(12)10(13)7-8/h5-7H,3-4H2,1-2H3,(H2,14,15,16). The van der Waals surface area contributed by atoms with E-state index < -0.39 is 0 Å². The summed E-state index contributed by atoms with van der Waals surface area (Å²) in [5.41, 5.74) is 0.863. The summed E-state index contributed by atoms with van der Waals surface area (Å²) < 4.78 is 0. The van der Waals surface area contributed by atoms with Crippen LogP contribution < -0.4 is 10.6 Å². The Bertz CT molecular complexity index is 377. The van der Waals surface area contributed by atoms with Crippen molar-refractivity contribution in [2.45, 2.75) is 13.8 Å². The van der Waals surface area contributed by atoms with Gasteiger partial charge in [0, 0.05) is 18.8 Å². The van der Waals surface area contributed by atoms with Gasteiger partial charge in [0.1, 0.15) is 0 Å². The van der Waals surface area contributed by atoms with Crippen LogP contribution in [0.5, 0.6) is 0 Å². The van der Waals surface area contributed by atoms with Gasteiger partial charge in [-0.2, -0.15) is 0 Å². The number of anilines is 1. The molecule has 0 saturated carbocycles. The average molecular weight is 260 g/mol. The maximum Gasteiger partial charge on any atom is 0.195 e. The normalized spacial score (nSPS) is 11.4. The minimum Gasteiger partial charge on any atom is -0.356 e. The molecule has 2 N–H and O–H groups in total. The van der Waals surface area contributed by atoms with Crippen LogP contribution in [0.25, 0.3) is 0 Å². The zero-order valence-corrected chi connectivity index (χ0v) is 10.9. The van der Waals surface area contributed by atoms with E-state index in [1.807, 2.05) is 19.9 Å². The van der Waals surface area contributed by atoms with Gasteiger partial charge in [-0.3, -0.25) is 4.99 Å². The molecule has 0 saturated heterocycles. The summed E-state index contributed by atoms with van der Waals surface area (Å²) in [6, 6.07) is 5.38. The van der Waals surface area contributed by atoms with Crippen molar-refractivity contribution in [1.29, 1.82) is 0 Å². The maximum absolute atomic E-state index is 5.92. The third kappa shape index (κ3) is 3.91. The molecule has 1 aromatic carbocycles. The molecular formula is C11H15Cl2N3. The second kappa shape index (κ2) is 6.61. The molecule has 0 spiro atoms. The van der Waals surface area contributed by atoms with Gasteiger partial charge in [-0.05, 0) is 32.0 Å². The van der Waals surface area contributed by atoms with Crippen LogP contribution in [0.4, 0.5) is 5.69 Å². The number of nitrogens with one attached hydrogen (secondary N) is 2. The minimum absolute atomic E-state index is 0.527. The van der Waals surface area contributed by atoms with Gasteiger partial charge in [0.15, 0.2) is 5.96 Å². The molecule has 3 nitrogen and oxygen atoms in total. The molecule has 0 unspecified atom stereocenters. The van der Waals surface area contributed by atoms with Gasteiger partial charge < -0.3 is 10.6 Å². The molecule has 0 bridgehead atoms. The summed E-state index contributed by atoms with van der Waals surface area (Å²) in [6.45, 7) is 5.53. The predicted molar refractivity (Wildman–Crippen MR) is 71.7 cm³/mol. The third-order valence-electron chi connectivity index (χ3n) is 1.84. The zero-order valence-electron chi connectivity index (χ0n) is 9.35. The maximum atomic E-state index is 5.92. The Morgan fingerprint density at radius 2 is 2.00 bits per heavy atom. The number of halogens is 2. The van der Waals surface area contributed by atoms with Gasteiger partial charge in [-0.25, -0.2) is 0 Å². The monoisotopic (exact) mass is 259 g/mol. The number of hydrogen-bond acceptors (Lipinski definition) is 1. The summed E-state index contributed by atoms with van der Waals surface area (Å²) in [6.07, 6.45) is 0. The first-order valence-corrected chi connectivity index (χ1v) is 5.93. The van der Waals surface area contributed by atoms with Gasteiger partial charge in [-0.15, -0.1) is 0 Å². The van der Waals surface area contributed by atoms with Crippen LogP contribution in [0.15, 0.2) is 23.2 Å². The van der Waals surface area contributed by atoms with Crippen molar-refractivity contribution in [1.82, 2.24) is 5.32 Å². The summed E-state index contributed by atoms with van der Waals surface area (Å²) in [7, 11) is 0. The Kier molecular flexibility index (Phi) is 5.43. The highest BCUT2D eigenvalue weighted by Crippen LogP contribution is 2.24. The van der Waals surface area contributed by atoms with Crippen molar-refractivity contribution in [3.05, 3.63) is 28.2 Å². The summed E-state index contributed by atoms with van der Waals surface area (Å²) in [5, 5.41) is 7.35. The molecule has 0 heterocycles. The Labute approximate surface area is 106 Å². The lowest BCUT2D eigenvalue weighted by Crippen LogP contribution is -2.30. The zero-order chi connectivity index (χ0) is 12.0. The molecule has 0 aliphatic rings. The lowest BCUT2D eigenvalue weighted by molar-refractivity contribution is 0.944. The van der Waals surface area contributed by atoms with E-state index in [1.165, 1.54) is 0 Å². The van der Waals surface area contributed by atoms with Gasteiger partial charge in [0.05, 0.1) is 10.0 Å². The molecule has 0 radical (unpaired) electrons. The highest BCUT2D eigenvalue weighted by atomic mass is 35.5. The smallest absolute Gasteiger partial charge is 0.195 e. The van der Waals surface area contributed by atoms with Crippen LogP contribution in [0.3, 0.4) is 0 Å². The van der Waals surface area contributed by atoms with Gasteiger partial charge in [0.25, 0.3) is 0 Å². The highest BCUT2D eigenvalue weighted by molar-refractivity contribution is 6.42. The van der Waals surface area contributed by atoms with E-state index in [2.05, 4.69) is 15.6 Å². The second-order valence-corrected chi connectivity index (χ2v) is 3.92. The molecule has 16 heavy (non-hydrogen) atoms. The van der Waals surface area contributed by atoms with Gasteiger partial charge in [0.2, 0.25) is 0 Å². The molecule has 0 fully saturated rings. The van der Waals surface area contributed by atoms with E-state index in [9.17, 15) is 0 Å². The molecule has 88 valence electrons. The summed E-state index contributed by atoms with van der Waals surface area (Å²) in [5.74, 6) is 0.739. The number of hydrogen-bond donors (Lipinski definition) is 2. The molecule has 1 rings (SSSR count). The Balaban J connectivity index is 2.77. The van der Waals surface area contributed by atoms with Crippen LogP contribution in [0.1, 0.15) is 13.8 Å². The molecule has 0 atom stereocenters. The van der Waals surface area contributed by atoms with Crippen LogP contribution in [0.2, 0.25) is 10.0 Å². The second-order valence-electron chi connectivity index (χ2n) is 3.11. The van der Waals surface area contributed by atoms with Crippen LogP contribution in [0, 0.1) is 0 Å². The largest absolute Gasteiger partial charge is 0.356 e. The minimum atomic E-state index is 0.527. The quantitative estimate of drug-likeness (QED) is 0.645. The molecule has 0 amide bonds. The van der Waals surface area contributed by atoms with Crippen molar-refractivity contribution < 1.29 is 0 Å². The van der Waals surface area contributed by atoms with E-state index >= 15 is 0 Å². The first-order valence-electron chi connectivity index (χ1n) is 5.17. The fourth-order valence-corrected chi connectivity index (χ4v) is 1.47. The van der Waals surface area contributed by atoms with Crippen LogP contribution >= 0.6 is 23.2 Å². The van der Waals surface area contributed by atoms with Gasteiger partial charge in [-0.1, -0.05) is 23.2 Å². The predicted octanol–water partition coefficient (Wildman–Crippen LogP) is 3.39. The van der Waals surface area contributed by atoms with E-state index in [0.29, 0.717) is 10.0 Å². The molecule has 0 aliphatic heterocycles. The number of benzene rings is 1. The molecule has 0 aliphatic carbocycles. The van der Waals surface area contributed by atoms with Crippen molar-refractivity contribution in [2.24, 2.45) is 4.99 Å². The first kappa shape index (κ1) is 13.1. The molecule has 0 aromatic heterocycles. The van der Waals surface area contributed by atoms with Crippen molar-refractivity contribution in [2.75, 3.05) is 18.4 Å². The Hall–Kier alpha value is -0.930. The fraction of sp³-hybridized carbons (Fsp3) is 0.364. The van der Waals surface area contributed by atoms with Crippen molar-refractivity contribution in [3.63, 3.8) is 0 Å². The first-order chi connectivity index (χ1) is 7.67. The van der Waals surface area contributed by atoms with E-state index in [0.717, 1.165) is 24.7 Å². The summed E-state index contributed by atoms with van der Waals surface area (Å²) in [4.78, 5) is 4.28. The Morgan fingerprint density at radius 1 is 1.25 bits per heavy atom. The topological polar surface area (TPSA) is 36.4 Å². The lowest BCUT2D eigenvalue weighted by atomic mass is 10.3. The van der Waals surface area contributed by atoms with Crippen LogP contribution in [-0.2, 0) is 0 Å². The number of guanidine groups is 1. The lowest BCUT2D eigenvalue weighted by Gasteiger charge is -2.11. The van der Waals surface area contributed by atoms with E-state index in [4.69, 9.17) is 23.2 Å². The molecule has 1 aromatic rings. The van der Waals surface area contributed by atoms with Gasteiger partial charge >= 0.3 is 0 Å². The average Bonchev–Trinajstić information content (AvgIpc) is 2.24. The van der Waals surface area contributed by atoms with E-state index in [1.54, 1.807) is 12.1 Å². The highest BCUT2D eigenvalue weighted by Gasteiger charge is 2.01. The third-order valence-corrected chi connectivity index (χ3v) is 2.58. The summed E-state index contributed by atoms with van der Waals surface area (Å²) >= 11 is 11.8. The Morgan fingerprint density at radius 3 is 2.56 bits per heavy atom.